The van der Waals surface area contributed by atoms with Crippen LogP contribution < -0.4 is 0 Å². The molecule has 23 heavy (non-hydrogen) atoms. The van der Waals surface area contributed by atoms with Gasteiger partial charge in [-0.3, -0.25) is 4.98 Å². The molecule has 0 amide bonds. The van der Waals surface area contributed by atoms with E-state index >= 15 is 0 Å². The summed E-state index contributed by atoms with van der Waals surface area (Å²) >= 11 is 1.46. The van der Waals surface area contributed by atoms with Crippen LogP contribution in [0.2, 0.25) is 0 Å². The topological polar surface area (TPSA) is 76.2 Å². The molecule has 0 radical (unpaired) electrons. The molecule has 4 rings (SSSR count). The van der Waals surface area contributed by atoms with Gasteiger partial charge in [0.2, 0.25) is 0 Å². The Kier molecular flexibility index (Phi) is 3.64. The van der Waals surface area contributed by atoms with E-state index in [0.717, 1.165) is 27.3 Å². The molecule has 0 aliphatic rings. The number of aliphatic hydroxyl groups is 1. The zero-order chi connectivity index (χ0) is 15.6. The number of thioether (sulfide) groups is 1. The summed E-state index contributed by atoms with van der Waals surface area (Å²) in [7, 11) is 0. The highest BCUT2D eigenvalue weighted by Crippen LogP contribution is 2.25. The molecule has 0 saturated heterocycles. The fraction of sp³-hybridized carbons (Fsp3) is 0.125. The van der Waals surface area contributed by atoms with Crippen molar-refractivity contribution in [1.29, 1.82) is 0 Å². The molecule has 0 aliphatic heterocycles. The predicted molar refractivity (Wildman–Crippen MR) is 89.3 cm³/mol. The number of fused-ring (bicyclic) bond motifs is 3. The highest BCUT2D eigenvalue weighted by atomic mass is 32.2. The highest BCUT2D eigenvalue weighted by Gasteiger charge is 2.14. The summed E-state index contributed by atoms with van der Waals surface area (Å²) in [5, 5.41) is 15.4. The first kappa shape index (κ1) is 14.1. The molecule has 0 spiro atoms. The van der Waals surface area contributed by atoms with Crippen LogP contribution in [0.3, 0.4) is 0 Å². The maximum Gasteiger partial charge on any atom is 0.191 e. The highest BCUT2D eigenvalue weighted by molar-refractivity contribution is 7.99. The van der Waals surface area contributed by atoms with Gasteiger partial charge in [0.25, 0.3) is 0 Å². The van der Waals surface area contributed by atoms with Gasteiger partial charge >= 0.3 is 0 Å². The summed E-state index contributed by atoms with van der Waals surface area (Å²) in [6.07, 6.45) is 3.44. The number of hydrogen-bond donors (Lipinski definition) is 1. The Labute approximate surface area is 136 Å². The van der Waals surface area contributed by atoms with Gasteiger partial charge in [-0.05, 0) is 24.3 Å². The van der Waals surface area contributed by atoms with E-state index in [1.54, 1.807) is 16.9 Å². The summed E-state index contributed by atoms with van der Waals surface area (Å²) in [4.78, 5) is 13.4. The van der Waals surface area contributed by atoms with Crippen LogP contribution in [0.4, 0.5) is 0 Å². The minimum absolute atomic E-state index is 0.0899. The number of pyridine rings is 1. The van der Waals surface area contributed by atoms with Crippen molar-refractivity contribution in [1.82, 2.24) is 24.6 Å². The average Bonchev–Trinajstić information content (AvgIpc) is 3.06. The fourth-order valence-electron chi connectivity index (χ4n) is 2.38. The smallest absolute Gasteiger partial charge is 0.191 e. The summed E-state index contributed by atoms with van der Waals surface area (Å²) in [5.74, 6) is 1.20. The van der Waals surface area contributed by atoms with Gasteiger partial charge in [-0.1, -0.05) is 23.9 Å². The Morgan fingerprint density at radius 2 is 1.87 bits per heavy atom. The van der Waals surface area contributed by atoms with Crippen LogP contribution in [-0.2, 0) is 0 Å². The second-order valence-corrected chi connectivity index (χ2v) is 5.95. The Morgan fingerprint density at radius 3 is 2.70 bits per heavy atom. The molecule has 0 saturated carbocycles. The number of rotatable bonds is 4. The van der Waals surface area contributed by atoms with Crippen molar-refractivity contribution in [3.8, 4) is 11.4 Å². The minimum Gasteiger partial charge on any atom is -0.396 e. The summed E-state index contributed by atoms with van der Waals surface area (Å²) in [6.45, 7) is 0.0899. The van der Waals surface area contributed by atoms with Crippen LogP contribution >= 0.6 is 11.8 Å². The fourth-order valence-corrected chi connectivity index (χ4v) is 3.07. The van der Waals surface area contributed by atoms with E-state index in [-0.39, 0.29) is 6.61 Å². The molecule has 6 nitrogen and oxygen atoms in total. The molecule has 1 aromatic carbocycles. The number of aliphatic hydroxyl groups excluding tert-OH is 1. The number of hydrogen-bond acceptors (Lipinski definition) is 6. The maximum absolute atomic E-state index is 9.10. The van der Waals surface area contributed by atoms with E-state index in [0.29, 0.717) is 11.6 Å². The van der Waals surface area contributed by atoms with Crippen molar-refractivity contribution >= 4 is 28.3 Å². The first-order valence-electron chi connectivity index (χ1n) is 7.16. The molecule has 7 heteroatoms. The van der Waals surface area contributed by atoms with E-state index in [1.807, 2.05) is 36.4 Å². The van der Waals surface area contributed by atoms with Gasteiger partial charge in [0.1, 0.15) is 0 Å². The third-order valence-electron chi connectivity index (χ3n) is 3.41. The van der Waals surface area contributed by atoms with Gasteiger partial charge in [-0.2, -0.15) is 4.52 Å². The molecule has 0 fully saturated rings. The van der Waals surface area contributed by atoms with Gasteiger partial charge in [-0.25, -0.2) is 9.97 Å². The minimum atomic E-state index is 0.0899. The predicted octanol–water partition coefficient (Wildman–Crippen LogP) is 2.42. The van der Waals surface area contributed by atoms with Crippen molar-refractivity contribution < 1.29 is 5.11 Å². The van der Waals surface area contributed by atoms with Crippen LogP contribution in [0.15, 0.2) is 53.9 Å². The average molecular weight is 323 g/mol. The number of nitrogens with zero attached hydrogens (tertiary/aromatic N) is 5. The lowest BCUT2D eigenvalue weighted by atomic mass is 10.2. The Hall–Kier alpha value is -2.51. The second kappa shape index (κ2) is 5.94. The van der Waals surface area contributed by atoms with Crippen LogP contribution in [-0.4, -0.2) is 42.0 Å². The van der Waals surface area contributed by atoms with Gasteiger partial charge in [0.15, 0.2) is 16.6 Å². The largest absolute Gasteiger partial charge is 0.396 e. The third-order valence-corrected chi connectivity index (χ3v) is 4.32. The molecular formula is C16H13N5OS. The van der Waals surface area contributed by atoms with Crippen LogP contribution in [0.5, 0.6) is 0 Å². The molecule has 0 bridgehead atoms. The van der Waals surface area contributed by atoms with Gasteiger partial charge < -0.3 is 5.11 Å². The summed E-state index contributed by atoms with van der Waals surface area (Å²) in [6, 6.07) is 11.6. The monoisotopic (exact) mass is 323 g/mol. The zero-order valence-corrected chi connectivity index (χ0v) is 12.9. The zero-order valence-electron chi connectivity index (χ0n) is 12.1. The van der Waals surface area contributed by atoms with Crippen molar-refractivity contribution in [3.63, 3.8) is 0 Å². The molecule has 0 aliphatic carbocycles. The molecule has 4 aromatic rings. The molecule has 0 unspecified atom stereocenters. The summed E-state index contributed by atoms with van der Waals surface area (Å²) in [5.41, 5.74) is 2.54. The Balaban J connectivity index is 1.98. The Morgan fingerprint density at radius 1 is 1.04 bits per heavy atom. The number of para-hydroxylation sites is 1. The van der Waals surface area contributed by atoms with Crippen LogP contribution in [0.1, 0.15) is 0 Å². The molecule has 1 N–H and O–H groups in total. The van der Waals surface area contributed by atoms with Crippen LogP contribution in [0.25, 0.3) is 27.9 Å². The first-order chi connectivity index (χ1) is 11.4. The van der Waals surface area contributed by atoms with Gasteiger partial charge in [-0.15, -0.1) is 5.10 Å². The summed E-state index contributed by atoms with van der Waals surface area (Å²) < 4.78 is 1.75. The molecule has 3 aromatic heterocycles. The maximum atomic E-state index is 9.10. The second-order valence-electron chi connectivity index (χ2n) is 4.89. The van der Waals surface area contributed by atoms with Crippen molar-refractivity contribution in [2.24, 2.45) is 0 Å². The van der Waals surface area contributed by atoms with E-state index in [1.165, 1.54) is 11.8 Å². The quantitative estimate of drug-likeness (QED) is 0.459. The molecule has 3 heterocycles. The first-order valence-corrected chi connectivity index (χ1v) is 8.15. The van der Waals surface area contributed by atoms with E-state index in [4.69, 9.17) is 5.11 Å². The SMILES string of the molecule is OCCSc1nc2ccccc2c2nc(-c3ccncc3)nn12. The normalized spacial score (nSPS) is 11.3. The van der Waals surface area contributed by atoms with Crippen molar-refractivity contribution in [2.45, 2.75) is 5.16 Å². The lowest BCUT2D eigenvalue weighted by molar-refractivity contribution is 0.322. The lowest BCUT2D eigenvalue weighted by Crippen LogP contribution is -1.99. The van der Waals surface area contributed by atoms with E-state index in [9.17, 15) is 0 Å². The van der Waals surface area contributed by atoms with Gasteiger partial charge in [0, 0.05) is 29.1 Å². The molecule has 114 valence electrons. The molecular weight excluding hydrogens is 310 g/mol. The Bertz CT molecular complexity index is 970. The van der Waals surface area contributed by atoms with Crippen molar-refractivity contribution in [3.05, 3.63) is 48.8 Å². The van der Waals surface area contributed by atoms with E-state index < -0.39 is 0 Å². The molecule has 0 atom stereocenters. The third kappa shape index (κ3) is 2.54. The van der Waals surface area contributed by atoms with E-state index in [2.05, 4.69) is 20.1 Å². The van der Waals surface area contributed by atoms with Gasteiger partial charge in [0.05, 0.1) is 12.1 Å². The number of benzene rings is 1. The standard InChI is InChI=1S/C16H13N5OS/c22-9-10-23-16-18-13-4-2-1-3-12(13)15-19-14(20-21(15)16)11-5-7-17-8-6-11/h1-8,22H,9-10H2. The van der Waals surface area contributed by atoms with Crippen molar-refractivity contribution in [2.75, 3.05) is 12.4 Å². The lowest BCUT2D eigenvalue weighted by Gasteiger charge is -2.04. The number of aromatic nitrogens is 5. The van der Waals surface area contributed by atoms with Crippen LogP contribution in [0, 0.1) is 0 Å².